The number of aromatic nitrogens is 1. The average Bonchev–Trinajstić information content (AvgIpc) is 2.77. The summed E-state index contributed by atoms with van der Waals surface area (Å²) in [6.07, 6.45) is 0. The fourth-order valence-corrected chi connectivity index (χ4v) is 2.26. The molecule has 3 rings (SSSR count). The van der Waals surface area contributed by atoms with Crippen molar-refractivity contribution in [1.29, 1.82) is 5.26 Å². The van der Waals surface area contributed by atoms with Crippen LogP contribution in [0.2, 0.25) is 0 Å². The van der Waals surface area contributed by atoms with Gasteiger partial charge in [-0.05, 0) is 5.56 Å². The van der Waals surface area contributed by atoms with Gasteiger partial charge >= 0.3 is 0 Å². The Balaban J connectivity index is 2.22. The zero-order valence-electron chi connectivity index (χ0n) is 10.2. The van der Waals surface area contributed by atoms with E-state index in [4.69, 9.17) is 4.42 Å². The van der Waals surface area contributed by atoms with Crippen LogP contribution in [0.4, 0.5) is 5.82 Å². The molecule has 1 aliphatic heterocycles. The number of rotatable bonds is 1. The summed E-state index contributed by atoms with van der Waals surface area (Å²) >= 11 is 0. The Bertz CT molecular complexity index is 695. The molecule has 0 aliphatic carbocycles. The van der Waals surface area contributed by atoms with Crippen molar-refractivity contribution in [2.24, 2.45) is 0 Å². The van der Waals surface area contributed by atoms with Crippen LogP contribution in [0, 0.1) is 18.3 Å². The van der Waals surface area contributed by atoms with Gasteiger partial charge in [0.05, 0.1) is 5.92 Å². The van der Waals surface area contributed by atoms with Gasteiger partial charge in [-0.15, -0.1) is 0 Å². The minimum atomic E-state index is -0.427. The van der Waals surface area contributed by atoms with Gasteiger partial charge in [0, 0.05) is 6.92 Å². The van der Waals surface area contributed by atoms with E-state index in [0.717, 1.165) is 5.56 Å². The number of aliphatic hydroxyl groups excluding tert-OH is 1. The predicted molar refractivity (Wildman–Crippen MR) is 68.4 cm³/mol. The number of nitriles is 1. The van der Waals surface area contributed by atoms with Gasteiger partial charge < -0.3 is 14.8 Å². The predicted octanol–water partition coefficient (Wildman–Crippen LogP) is 2.83. The maximum absolute atomic E-state index is 9.92. The quantitative estimate of drug-likeness (QED) is 0.816. The first-order valence-electron chi connectivity index (χ1n) is 5.83. The lowest BCUT2D eigenvalue weighted by molar-refractivity contribution is 0.399. The first-order valence-corrected chi connectivity index (χ1v) is 5.83. The molecule has 2 heterocycles. The van der Waals surface area contributed by atoms with Gasteiger partial charge in [0.25, 0.3) is 0 Å². The van der Waals surface area contributed by atoms with E-state index in [0.29, 0.717) is 17.5 Å². The third kappa shape index (κ3) is 1.74. The van der Waals surface area contributed by atoms with Crippen LogP contribution in [0.1, 0.15) is 23.1 Å². The summed E-state index contributed by atoms with van der Waals surface area (Å²) in [6, 6.07) is 11.5. The van der Waals surface area contributed by atoms with E-state index >= 15 is 0 Å². The topological polar surface area (TPSA) is 82.1 Å². The van der Waals surface area contributed by atoms with Gasteiger partial charge in [0.2, 0.25) is 5.88 Å². The first-order chi connectivity index (χ1) is 9.20. The zero-order valence-corrected chi connectivity index (χ0v) is 10.2. The number of aliphatic hydroxyl groups is 1. The second kappa shape index (κ2) is 4.18. The maximum atomic E-state index is 9.92. The van der Waals surface area contributed by atoms with E-state index in [2.05, 4.69) is 10.3 Å². The lowest BCUT2D eigenvalue weighted by atomic mass is 9.88. The molecule has 2 aromatic rings. The molecule has 94 valence electrons. The SMILES string of the molecule is Cc1nc2c(o1)C(c1ccccc1)C(C#N)=C(O)N2. The van der Waals surface area contributed by atoms with Crippen LogP contribution in [0.5, 0.6) is 0 Å². The van der Waals surface area contributed by atoms with Crippen LogP contribution < -0.4 is 5.32 Å². The molecule has 0 radical (unpaired) electrons. The van der Waals surface area contributed by atoms with Crippen molar-refractivity contribution in [3.63, 3.8) is 0 Å². The Morgan fingerprint density at radius 3 is 2.79 bits per heavy atom. The third-order valence-electron chi connectivity index (χ3n) is 3.06. The molecule has 1 aromatic carbocycles. The lowest BCUT2D eigenvalue weighted by Crippen LogP contribution is -2.17. The molecule has 0 saturated heterocycles. The Kier molecular flexibility index (Phi) is 2.50. The summed E-state index contributed by atoms with van der Waals surface area (Å²) in [5.41, 5.74) is 1.11. The van der Waals surface area contributed by atoms with E-state index in [1.807, 2.05) is 36.4 Å². The minimum absolute atomic E-state index is 0.169. The summed E-state index contributed by atoms with van der Waals surface area (Å²) in [6.45, 7) is 1.73. The molecule has 1 aromatic heterocycles. The van der Waals surface area contributed by atoms with Gasteiger partial charge in [-0.1, -0.05) is 30.3 Å². The van der Waals surface area contributed by atoms with Crippen LogP contribution >= 0.6 is 0 Å². The number of nitrogens with zero attached hydrogens (tertiary/aromatic N) is 2. The van der Waals surface area contributed by atoms with Crippen molar-refractivity contribution in [2.45, 2.75) is 12.8 Å². The number of anilines is 1. The average molecular weight is 253 g/mol. The normalized spacial score (nSPS) is 17.6. The first kappa shape index (κ1) is 11.4. The molecule has 0 fully saturated rings. The molecule has 1 unspecified atom stereocenters. The van der Waals surface area contributed by atoms with Crippen LogP contribution in [0.3, 0.4) is 0 Å². The molecule has 1 aliphatic rings. The van der Waals surface area contributed by atoms with Crippen molar-refractivity contribution in [3.8, 4) is 6.07 Å². The van der Waals surface area contributed by atoms with E-state index in [-0.39, 0.29) is 11.5 Å². The zero-order chi connectivity index (χ0) is 13.4. The van der Waals surface area contributed by atoms with Gasteiger partial charge in [-0.25, -0.2) is 0 Å². The molecule has 0 bridgehead atoms. The van der Waals surface area contributed by atoms with Gasteiger partial charge in [0.1, 0.15) is 11.6 Å². The third-order valence-corrected chi connectivity index (χ3v) is 3.06. The highest BCUT2D eigenvalue weighted by Gasteiger charge is 2.34. The van der Waals surface area contributed by atoms with Crippen molar-refractivity contribution < 1.29 is 9.52 Å². The largest absolute Gasteiger partial charge is 0.494 e. The number of aryl methyl sites for hydroxylation is 1. The molecule has 0 saturated carbocycles. The summed E-state index contributed by atoms with van der Waals surface area (Å²) in [5.74, 6) is 0.909. The van der Waals surface area contributed by atoms with E-state index in [1.54, 1.807) is 6.92 Å². The van der Waals surface area contributed by atoms with Crippen LogP contribution in [-0.4, -0.2) is 10.1 Å². The van der Waals surface area contributed by atoms with E-state index in [1.165, 1.54) is 0 Å². The summed E-state index contributed by atoms with van der Waals surface area (Å²) in [7, 11) is 0. The molecule has 5 nitrogen and oxygen atoms in total. The highest BCUT2D eigenvalue weighted by atomic mass is 16.4. The monoisotopic (exact) mass is 253 g/mol. The minimum Gasteiger partial charge on any atom is -0.494 e. The lowest BCUT2D eigenvalue weighted by Gasteiger charge is -2.21. The van der Waals surface area contributed by atoms with Crippen LogP contribution in [-0.2, 0) is 0 Å². The van der Waals surface area contributed by atoms with Crippen molar-refractivity contribution in [3.05, 3.63) is 59.0 Å². The fourth-order valence-electron chi connectivity index (χ4n) is 2.26. The fraction of sp³-hybridized carbons (Fsp3) is 0.143. The molecule has 19 heavy (non-hydrogen) atoms. The number of allylic oxidation sites excluding steroid dienone is 1. The molecular weight excluding hydrogens is 242 g/mol. The number of hydrogen-bond acceptors (Lipinski definition) is 5. The van der Waals surface area contributed by atoms with Crippen molar-refractivity contribution in [2.75, 3.05) is 5.32 Å². The van der Waals surface area contributed by atoms with Gasteiger partial charge in [-0.3, -0.25) is 0 Å². The summed E-state index contributed by atoms with van der Waals surface area (Å²) < 4.78 is 5.58. The number of fused-ring (bicyclic) bond motifs is 1. The molecular formula is C14H11N3O2. The van der Waals surface area contributed by atoms with Crippen LogP contribution in [0.25, 0.3) is 0 Å². The smallest absolute Gasteiger partial charge is 0.205 e. The Morgan fingerprint density at radius 2 is 2.11 bits per heavy atom. The number of benzene rings is 1. The van der Waals surface area contributed by atoms with Gasteiger partial charge in [0.15, 0.2) is 17.5 Å². The molecule has 5 heteroatoms. The molecule has 0 amide bonds. The second-order valence-electron chi connectivity index (χ2n) is 4.29. The Labute approximate surface area is 109 Å². The van der Waals surface area contributed by atoms with E-state index in [9.17, 15) is 10.4 Å². The number of oxazole rings is 1. The van der Waals surface area contributed by atoms with Crippen LogP contribution in [0.15, 0.2) is 46.2 Å². The number of nitrogens with one attached hydrogen (secondary N) is 1. The Hall–Kier alpha value is -2.74. The number of hydrogen-bond donors (Lipinski definition) is 2. The van der Waals surface area contributed by atoms with E-state index < -0.39 is 5.92 Å². The van der Waals surface area contributed by atoms with Gasteiger partial charge in [-0.2, -0.15) is 10.2 Å². The maximum Gasteiger partial charge on any atom is 0.205 e. The summed E-state index contributed by atoms with van der Waals surface area (Å²) in [4.78, 5) is 4.16. The molecule has 2 N–H and O–H groups in total. The van der Waals surface area contributed by atoms with Crippen molar-refractivity contribution >= 4 is 5.82 Å². The molecule has 1 atom stereocenters. The van der Waals surface area contributed by atoms with Crippen molar-refractivity contribution in [1.82, 2.24) is 4.98 Å². The summed E-state index contributed by atoms with van der Waals surface area (Å²) in [5, 5.41) is 21.9. The standard InChI is InChI=1S/C14H11N3O2/c1-8-16-13-12(19-8)11(9-5-3-2-4-6-9)10(7-15)14(18)17-13/h2-6,11,17-18H,1H3. The second-order valence-corrected chi connectivity index (χ2v) is 4.29. The highest BCUT2D eigenvalue weighted by molar-refractivity contribution is 5.60. The highest BCUT2D eigenvalue weighted by Crippen LogP contribution is 2.40. The molecule has 0 spiro atoms. The Morgan fingerprint density at radius 1 is 1.37 bits per heavy atom.